The van der Waals surface area contributed by atoms with E-state index in [9.17, 15) is 4.79 Å². The largest absolute Gasteiger partial charge is 0.444 e. The van der Waals surface area contributed by atoms with E-state index in [1.54, 1.807) is 17.3 Å². The van der Waals surface area contributed by atoms with Crippen LogP contribution in [0.5, 0.6) is 0 Å². The molecule has 0 unspecified atom stereocenters. The molecule has 1 fully saturated rings. The lowest BCUT2D eigenvalue weighted by molar-refractivity contribution is 0.0240. The Balaban J connectivity index is 0.00000220. The van der Waals surface area contributed by atoms with E-state index in [1.165, 1.54) is 0 Å². The highest BCUT2D eigenvalue weighted by Gasteiger charge is 2.26. The molecule has 1 aliphatic heterocycles. The Labute approximate surface area is 126 Å². The third-order valence-electron chi connectivity index (χ3n) is 3.10. The number of amides is 1. The number of carbonyl (C=O) groups excluding carboxylic acids is 1. The molecule has 1 aliphatic rings. The topological polar surface area (TPSA) is 71.7 Å². The van der Waals surface area contributed by atoms with E-state index in [-0.39, 0.29) is 13.5 Å². The summed E-state index contributed by atoms with van der Waals surface area (Å²) in [5.41, 5.74) is 7.11. The summed E-state index contributed by atoms with van der Waals surface area (Å²) in [6, 6.07) is 1.90. The lowest BCUT2D eigenvalue weighted by atomic mass is 10.2. The Morgan fingerprint density at radius 1 is 1.29 bits per heavy atom. The molecule has 1 aromatic rings. The molecule has 0 saturated carbocycles. The van der Waals surface area contributed by atoms with Crippen LogP contribution in [0.4, 0.5) is 16.2 Å². The second-order valence-electron chi connectivity index (χ2n) is 5.89. The number of hydrogen-bond acceptors (Lipinski definition) is 5. The average molecular weight is 294 g/mol. The average Bonchev–Trinajstić information content (AvgIpc) is 2.37. The van der Waals surface area contributed by atoms with Gasteiger partial charge in [-0.25, -0.2) is 4.79 Å². The van der Waals surface area contributed by atoms with Crippen LogP contribution in [0, 0.1) is 0 Å². The lowest BCUT2D eigenvalue weighted by Gasteiger charge is -2.37. The molecule has 2 N–H and O–H groups in total. The lowest BCUT2D eigenvalue weighted by Crippen LogP contribution is -2.50. The SMILES string of the molecule is C.CC(C)(C)OC(=O)N1CCN(c2ccncc2N)CC1. The van der Waals surface area contributed by atoms with Gasteiger partial charge in [0.15, 0.2) is 0 Å². The fourth-order valence-corrected chi connectivity index (χ4v) is 2.14. The fraction of sp³-hybridized carbons (Fsp3) is 0.600. The van der Waals surface area contributed by atoms with Crippen LogP contribution in [-0.2, 0) is 4.74 Å². The molecule has 0 atom stereocenters. The molecular weight excluding hydrogens is 268 g/mol. The first-order valence-electron chi connectivity index (χ1n) is 6.79. The van der Waals surface area contributed by atoms with Crippen LogP contribution in [0.3, 0.4) is 0 Å². The first-order chi connectivity index (χ1) is 9.37. The highest BCUT2D eigenvalue weighted by Crippen LogP contribution is 2.23. The predicted octanol–water partition coefficient (Wildman–Crippen LogP) is 2.36. The van der Waals surface area contributed by atoms with Crippen molar-refractivity contribution in [2.45, 2.75) is 33.8 Å². The van der Waals surface area contributed by atoms with Crippen molar-refractivity contribution in [2.24, 2.45) is 0 Å². The van der Waals surface area contributed by atoms with E-state index >= 15 is 0 Å². The summed E-state index contributed by atoms with van der Waals surface area (Å²) in [5, 5.41) is 0. The fourth-order valence-electron chi connectivity index (χ4n) is 2.14. The van der Waals surface area contributed by atoms with Gasteiger partial charge in [-0.15, -0.1) is 0 Å². The second-order valence-corrected chi connectivity index (χ2v) is 5.89. The van der Waals surface area contributed by atoms with Crippen LogP contribution < -0.4 is 10.6 Å². The van der Waals surface area contributed by atoms with E-state index in [0.717, 1.165) is 18.8 Å². The third-order valence-corrected chi connectivity index (χ3v) is 3.10. The van der Waals surface area contributed by atoms with Crippen molar-refractivity contribution in [1.82, 2.24) is 9.88 Å². The minimum atomic E-state index is -0.455. The van der Waals surface area contributed by atoms with Gasteiger partial charge >= 0.3 is 6.09 Å². The van der Waals surface area contributed by atoms with Crippen molar-refractivity contribution in [1.29, 1.82) is 0 Å². The van der Waals surface area contributed by atoms with Gasteiger partial charge in [0, 0.05) is 32.4 Å². The summed E-state index contributed by atoms with van der Waals surface area (Å²) in [7, 11) is 0. The molecule has 118 valence electrons. The smallest absolute Gasteiger partial charge is 0.410 e. The molecule has 6 nitrogen and oxygen atoms in total. The Kier molecular flexibility index (Phi) is 5.41. The van der Waals surface area contributed by atoms with E-state index in [0.29, 0.717) is 18.8 Å². The van der Waals surface area contributed by atoms with Crippen LogP contribution in [0.1, 0.15) is 28.2 Å². The Morgan fingerprint density at radius 3 is 2.43 bits per heavy atom. The maximum Gasteiger partial charge on any atom is 0.410 e. The Morgan fingerprint density at radius 2 is 1.90 bits per heavy atom. The van der Waals surface area contributed by atoms with Crippen LogP contribution in [-0.4, -0.2) is 47.8 Å². The number of ether oxygens (including phenoxy) is 1. The summed E-state index contributed by atoms with van der Waals surface area (Å²) >= 11 is 0. The highest BCUT2D eigenvalue weighted by molar-refractivity contribution is 5.70. The first kappa shape index (κ1) is 17.1. The summed E-state index contributed by atoms with van der Waals surface area (Å²) in [5.74, 6) is 0. The molecule has 2 heterocycles. The summed E-state index contributed by atoms with van der Waals surface area (Å²) in [4.78, 5) is 19.9. The van der Waals surface area contributed by atoms with Gasteiger partial charge in [-0.2, -0.15) is 0 Å². The molecule has 1 aromatic heterocycles. The van der Waals surface area contributed by atoms with Gasteiger partial charge in [-0.1, -0.05) is 7.43 Å². The van der Waals surface area contributed by atoms with Crippen molar-refractivity contribution in [2.75, 3.05) is 36.8 Å². The number of hydrogen-bond donors (Lipinski definition) is 1. The molecule has 0 radical (unpaired) electrons. The molecule has 6 heteroatoms. The number of anilines is 2. The van der Waals surface area contributed by atoms with Crippen LogP contribution in [0.25, 0.3) is 0 Å². The van der Waals surface area contributed by atoms with Crippen molar-refractivity contribution in [3.8, 4) is 0 Å². The van der Waals surface area contributed by atoms with E-state index < -0.39 is 5.60 Å². The molecule has 0 aliphatic carbocycles. The van der Waals surface area contributed by atoms with Gasteiger partial charge in [0.2, 0.25) is 0 Å². The quantitative estimate of drug-likeness (QED) is 0.861. The van der Waals surface area contributed by atoms with Crippen molar-refractivity contribution < 1.29 is 9.53 Å². The summed E-state index contributed by atoms with van der Waals surface area (Å²) in [6.07, 6.45) is 3.13. The van der Waals surface area contributed by atoms with Crippen LogP contribution in [0.15, 0.2) is 18.5 Å². The number of nitrogens with zero attached hydrogens (tertiary/aromatic N) is 3. The number of pyridine rings is 1. The minimum absolute atomic E-state index is 0. The number of nitrogens with two attached hydrogens (primary N) is 1. The predicted molar refractivity (Wildman–Crippen MR) is 85.4 cm³/mol. The number of nitrogen functional groups attached to an aromatic ring is 1. The Bertz CT molecular complexity index is 477. The standard InChI is InChI=1S/C14H22N4O2.CH4/c1-14(2,3)20-13(19)18-8-6-17(7-9-18)12-4-5-16-10-11(12)15;/h4-5,10H,6-9,15H2,1-3H3;1H4. The Hall–Kier alpha value is -1.98. The van der Waals surface area contributed by atoms with Gasteiger partial charge in [-0.05, 0) is 26.8 Å². The molecule has 1 amide bonds. The first-order valence-corrected chi connectivity index (χ1v) is 6.79. The van der Waals surface area contributed by atoms with E-state index in [4.69, 9.17) is 10.5 Å². The van der Waals surface area contributed by atoms with Gasteiger partial charge in [0.05, 0.1) is 17.6 Å². The van der Waals surface area contributed by atoms with Crippen LogP contribution >= 0.6 is 0 Å². The van der Waals surface area contributed by atoms with Gasteiger partial charge in [0.25, 0.3) is 0 Å². The molecule has 0 spiro atoms. The number of carbonyl (C=O) groups is 1. The molecule has 0 aromatic carbocycles. The van der Waals surface area contributed by atoms with E-state index in [2.05, 4.69) is 9.88 Å². The zero-order valence-corrected chi connectivity index (χ0v) is 12.3. The van der Waals surface area contributed by atoms with Gasteiger partial charge < -0.3 is 20.3 Å². The number of aromatic nitrogens is 1. The molecule has 2 rings (SSSR count). The van der Waals surface area contributed by atoms with Crippen molar-refractivity contribution in [3.63, 3.8) is 0 Å². The van der Waals surface area contributed by atoms with Gasteiger partial charge in [-0.3, -0.25) is 4.98 Å². The molecule has 21 heavy (non-hydrogen) atoms. The van der Waals surface area contributed by atoms with Crippen LogP contribution in [0.2, 0.25) is 0 Å². The molecule has 1 saturated heterocycles. The third kappa shape index (κ3) is 4.51. The van der Waals surface area contributed by atoms with E-state index in [1.807, 2.05) is 26.8 Å². The number of piperazine rings is 1. The summed E-state index contributed by atoms with van der Waals surface area (Å²) in [6.45, 7) is 8.38. The second kappa shape index (κ2) is 6.65. The zero-order valence-electron chi connectivity index (χ0n) is 12.3. The van der Waals surface area contributed by atoms with Gasteiger partial charge in [0.1, 0.15) is 5.60 Å². The zero-order chi connectivity index (χ0) is 14.8. The normalized spacial score (nSPS) is 15.4. The minimum Gasteiger partial charge on any atom is -0.444 e. The maximum atomic E-state index is 12.0. The highest BCUT2D eigenvalue weighted by atomic mass is 16.6. The summed E-state index contributed by atoms with van der Waals surface area (Å²) < 4.78 is 5.38. The molecule has 0 bridgehead atoms. The maximum absolute atomic E-state index is 12.0. The van der Waals surface area contributed by atoms with Crippen molar-refractivity contribution >= 4 is 17.5 Å². The molecular formula is C15H26N4O2. The monoisotopic (exact) mass is 294 g/mol. The van der Waals surface area contributed by atoms with Crippen molar-refractivity contribution in [3.05, 3.63) is 18.5 Å². The number of rotatable bonds is 1.